The van der Waals surface area contributed by atoms with Crippen LogP contribution in [0.15, 0.2) is 54.9 Å². The molecule has 3 N–H and O–H groups in total. The minimum Gasteiger partial charge on any atom is -1.00 e. The largest absolute Gasteiger partial charge is 1.00 e. The maximum atomic E-state index is 11.8. The van der Waals surface area contributed by atoms with Crippen molar-refractivity contribution in [1.29, 1.82) is 0 Å². The lowest BCUT2D eigenvalue weighted by Crippen LogP contribution is -3.00. The number of hydrogen-bond donors (Lipinski definition) is 2. The van der Waals surface area contributed by atoms with Crippen LogP contribution in [-0.4, -0.2) is 11.1 Å². The number of nitrogens with two attached hydrogens (primary N) is 1. The Bertz CT molecular complexity index is 531. The Morgan fingerprint density at radius 2 is 1.74 bits per heavy atom. The zero-order valence-electron chi connectivity index (χ0n) is 10.1. The molecule has 0 aliphatic heterocycles. The van der Waals surface area contributed by atoms with Crippen molar-refractivity contribution in [2.75, 3.05) is 10.8 Å². The van der Waals surface area contributed by atoms with Gasteiger partial charge in [0.1, 0.15) is 0 Å². The molecule has 1 aromatic carbocycles. The van der Waals surface area contributed by atoms with E-state index in [1.54, 1.807) is 41.2 Å². The highest BCUT2D eigenvalue weighted by Gasteiger charge is 2.17. The van der Waals surface area contributed by atoms with E-state index >= 15 is 0 Å². The number of halogens is 1. The van der Waals surface area contributed by atoms with Gasteiger partial charge in [-0.2, -0.15) is 9.63 Å². The van der Waals surface area contributed by atoms with Gasteiger partial charge in [-0.3, -0.25) is 10.0 Å². The minimum atomic E-state index is -0.420. The summed E-state index contributed by atoms with van der Waals surface area (Å²) in [6.07, 6.45) is 3.52. The summed E-state index contributed by atoms with van der Waals surface area (Å²) in [5.41, 5.74) is 6.51. The quantitative estimate of drug-likeness (QED) is 0.295. The van der Waals surface area contributed by atoms with E-state index in [9.17, 15) is 10.0 Å². The Labute approximate surface area is 117 Å². The zero-order chi connectivity index (χ0) is 13.0. The molecular weight excluding hydrogens is 266 g/mol. The number of anilines is 2. The van der Waals surface area contributed by atoms with Gasteiger partial charge in [-0.15, -0.1) is 0 Å². The van der Waals surface area contributed by atoms with Crippen LogP contribution in [0.25, 0.3) is 0 Å². The van der Waals surface area contributed by atoms with Crippen LogP contribution in [0, 0.1) is 0 Å². The van der Waals surface area contributed by atoms with E-state index in [4.69, 9.17) is 5.73 Å². The summed E-state index contributed by atoms with van der Waals surface area (Å²) >= 11 is 0. The third-order valence-electron chi connectivity index (χ3n) is 2.47. The first kappa shape index (κ1) is 14.9. The molecule has 0 saturated heterocycles. The standard InChI is InChI=1S/C13H14N3O2.ClH/c14-11-4-6-12(7-5-11)16(18)13(17)10-15-8-2-1-3-9-15;/h1-9,18H,10,14H2;1H/q+1;/p-1. The molecule has 5 nitrogen and oxygen atoms in total. The van der Waals surface area contributed by atoms with Gasteiger partial charge in [0.2, 0.25) is 6.54 Å². The number of benzene rings is 1. The molecular formula is C13H14ClN3O2. The van der Waals surface area contributed by atoms with Crippen molar-refractivity contribution >= 4 is 17.3 Å². The normalized spacial score (nSPS) is 9.53. The number of hydroxylamine groups is 1. The van der Waals surface area contributed by atoms with Crippen LogP contribution in [0.5, 0.6) is 0 Å². The van der Waals surface area contributed by atoms with Crippen molar-refractivity contribution in [3.63, 3.8) is 0 Å². The minimum absolute atomic E-state index is 0. The lowest BCUT2D eigenvalue weighted by atomic mass is 10.3. The van der Waals surface area contributed by atoms with Gasteiger partial charge in [0, 0.05) is 17.8 Å². The molecule has 6 heteroatoms. The Morgan fingerprint density at radius 1 is 1.16 bits per heavy atom. The summed E-state index contributed by atoms with van der Waals surface area (Å²) < 4.78 is 1.68. The molecule has 1 aromatic heterocycles. The molecule has 1 heterocycles. The van der Waals surface area contributed by atoms with E-state index in [0.717, 1.165) is 0 Å². The van der Waals surface area contributed by atoms with Crippen LogP contribution >= 0.6 is 0 Å². The molecule has 0 fully saturated rings. The highest BCUT2D eigenvalue weighted by molar-refractivity contribution is 5.90. The topological polar surface area (TPSA) is 70.4 Å². The van der Waals surface area contributed by atoms with E-state index in [1.807, 2.05) is 18.2 Å². The van der Waals surface area contributed by atoms with Crippen LogP contribution < -0.4 is 27.8 Å². The summed E-state index contributed by atoms with van der Waals surface area (Å²) in [7, 11) is 0. The van der Waals surface area contributed by atoms with Gasteiger partial charge in [-0.25, -0.2) is 0 Å². The molecule has 2 rings (SSSR count). The lowest BCUT2D eigenvalue weighted by molar-refractivity contribution is -0.684. The molecule has 100 valence electrons. The molecule has 19 heavy (non-hydrogen) atoms. The van der Waals surface area contributed by atoms with Gasteiger partial charge in [-0.05, 0) is 24.3 Å². The number of aromatic nitrogens is 1. The van der Waals surface area contributed by atoms with Crippen LogP contribution in [-0.2, 0) is 11.3 Å². The van der Waals surface area contributed by atoms with E-state index in [1.165, 1.54) is 0 Å². The van der Waals surface area contributed by atoms with Gasteiger partial charge >= 0.3 is 5.91 Å². The van der Waals surface area contributed by atoms with E-state index in [2.05, 4.69) is 0 Å². The number of nitrogen functional groups attached to an aromatic ring is 1. The zero-order valence-corrected chi connectivity index (χ0v) is 10.9. The average Bonchev–Trinajstić information content (AvgIpc) is 2.40. The first-order chi connectivity index (χ1) is 8.66. The van der Waals surface area contributed by atoms with E-state index in [-0.39, 0.29) is 19.0 Å². The van der Waals surface area contributed by atoms with Crippen molar-refractivity contribution in [1.82, 2.24) is 0 Å². The average molecular weight is 280 g/mol. The molecule has 0 bridgehead atoms. The van der Waals surface area contributed by atoms with Crippen LogP contribution in [0.3, 0.4) is 0 Å². The fourth-order valence-corrected chi connectivity index (χ4v) is 1.52. The molecule has 2 aromatic rings. The van der Waals surface area contributed by atoms with Gasteiger partial charge in [-0.1, -0.05) is 6.07 Å². The maximum Gasteiger partial charge on any atom is 0.316 e. The van der Waals surface area contributed by atoms with Gasteiger partial charge in [0.15, 0.2) is 12.4 Å². The maximum absolute atomic E-state index is 11.8. The number of pyridine rings is 1. The molecule has 1 amide bonds. The van der Waals surface area contributed by atoms with Crippen LogP contribution in [0.2, 0.25) is 0 Å². The molecule has 0 saturated carbocycles. The highest BCUT2D eigenvalue weighted by Crippen LogP contribution is 2.14. The first-order valence-corrected chi connectivity index (χ1v) is 5.48. The number of amides is 1. The third kappa shape index (κ3) is 3.94. The molecule has 0 atom stereocenters. The summed E-state index contributed by atoms with van der Waals surface area (Å²) in [6, 6.07) is 11.9. The van der Waals surface area contributed by atoms with Gasteiger partial charge in [0.25, 0.3) is 0 Å². The van der Waals surface area contributed by atoms with Crippen molar-refractivity contribution in [3.05, 3.63) is 54.9 Å². The van der Waals surface area contributed by atoms with Crippen molar-refractivity contribution in [2.45, 2.75) is 6.54 Å². The fraction of sp³-hybridized carbons (Fsp3) is 0.0769. The monoisotopic (exact) mass is 279 g/mol. The lowest BCUT2D eigenvalue weighted by Gasteiger charge is -2.13. The smallest absolute Gasteiger partial charge is 0.316 e. The van der Waals surface area contributed by atoms with Crippen molar-refractivity contribution in [3.8, 4) is 0 Å². The van der Waals surface area contributed by atoms with Gasteiger partial charge in [0.05, 0.1) is 5.69 Å². The Hall–Kier alpha value is -2.11. The predicted octanol–water partition coefficient (Wildman–Crippen LogP) is -2.02. The number of carbonyl (C=O) groups is 1. The number of hydrogen-bond acceptors (Lipinski definition) is 3. The summed E-state index contributed by atoms with van der Waals surface area (Å²) in [6.45, 7) is 0.0711. The summed E-state index contributed by atoms with van der Waals surface area (Å²) in [5.74, 6) is -0.420. The predicted molar refractivity (Wildman–Crippen MR) is 66.8 cm³/mol. The van der Waals surface area contributed by atoms with Crippen molar-refractivity contribution < 1.29 is 27.0 Å². The molecule has 0 unspecified atom stereocenters. The van der Waals surface area contributed by atoms with Crippen LogP contribution in [0.1, 0.15) is 0 Å². The van der Waals surface area contributed by atoms with Crippen molar-refractivity contribution in [2.24, 2.45) is 0 Å². The number of nitrogens with zero attached hydrogens (tertiary/aromatic N) is 2. The molecule has 0 spiro atoms. The van der Waals surface area contributed by atoms with Gasteiger partial charge < -0.3 is 18.1 Å². The second-order valence-electron chi connectivity index (χ2n) is 3.84. The van der Waals surface area contributed by atoms with Crippen LogP contribution in [0.4, 0.5) is 11.4 Å². The Kier molecular flexibility index (Phi) is 5.29. The second-order valence-corrected chi connectivity index (χ2v) is 3.84. The number of carbonyl (C=O) groups excluding carboxylic acids is 1. The number of rotatable bonds is 3. The molecule has 0 aliphatic carbocycles. The molecule has 0 radical (unpaired) electrons. The fourth-order valence-electron chi connectivity index (χ4n) is 1.52. The van der Waals surface area contributed by atoms with E-state index < -0.39 is 5.91 Å². The van der Waals surface area contributed by atoms with E-state index in [0.29, 0.717) is 16.4 Å². The molecule has 0 aliphatic rings. The first-order valence-electron chi connectivity index (χ1n) is 5.48. The summed E-state index contributed by atoms with van der Waals surface area (Å²) in [4.78, 5) is 11.8. The summed E-state index contributed by atoms with van der Waals surface area (Å²) in [5, 5.41) is 10.4. The highest BCUT2D eigenvalue weighted by atomic mass is 35.5. The third-order valence-corrected chi connectivity index (χ3v) is 2.47. The Morgan fingerprint density at radius 3 is 2.32 bits per heavy atom. The second kappa shape index (κ2) is 6.72. The Balaban J connectivity index is 0.00000180. The SMILES string of the molecule is Nc1ccc(N(O)C(=O)C[n+]2ccccc2)cc1.[Cl-].